The molecule has 1 heterocycles. The number of aromatic nitrogens is 3. The Morgan fingerprint density at radius 2 is 2.12 bits per heavy atom. The van der Waals surface area contributed by atoms with Crippen LogP contribution in [0.3, 0.4) is 0 Å². The summed E-state index contributed by atoms with van der Waals surface area (Å²) in [5, 5.41) is 7.65. The summed E-state index contributed by atoms with van der Waals surface area (Å²) in [7, 11) is 0. The maximum Gasteiger partial charge on any atom is 0.183 e. The molecule has 84 valence electrons. The summed E-state index contributed by atoms with van der Waals surface area (Å²) in [5.41, 5.74) is 7.24. The van der Waals surface area contributed by atoms with Crippen LogP contribution in [0.4, 0.5) is 5.69 Å². The second kappa shape index (κ2) is 4.14. The van der Waals surface area contributed by atoms with Crippen molar-refractivity contribution in [3.8, 4) is 11.4 Å². The number of nitrogen functional groups attached to an aromatic ring is 1. The van der Waals surface area contributed by atoms with Gasteiger partial charge in [-0.2, -0.15) is 5.10 Å². The van der Waals surface area contributed by atoms with Crippen LogP contribution in [0, 0.1) is 0 Å². The van der Waals surface area contributed by atoms with Crippen molar-refractivity contribution in [2.24, 2.45) is 0 Å². The van der Waals surface area contributed by atoms with Crippen molar-refractivity contribution < 1.29 is 0 Å². The molecule has 2 aromatic rings. The van der Waals surface area contributed by atoms with Gasteiger partial charge in [-0.15, -0.1) is 0 Å². The molecule has 0 fully saturated rings. The van der Waals surface area contributed by atoms with E-state index in [-0.39, 0.29) is 0 Å². The molecule has 5 heteroatoms. The van der Waals surface area contributed by atoms with Crippen molar-refractivity contribution >= 4 is 17.3 Å². The van der Waals surface area contributed by atoms with Gasteiger partial charge in [-0.3, -0.25) is 5.10 Å². The van der Waals surface area contributed by atoms with E-state index in [1.807, 2.05) is 13.8 Å². The van der Waals surface area contributed by atoms with E-state index in [9.17, 15) is 0 Å². The standard InChI is InChI=1S/C11H13ClN4/c1-6(2)10-14-11(16-15-10)8-5-7(12)3-4-9(8)13/h3-6H,13H2,1-2H3,(H,14,15,16). The lowest BCUT2D eigenvalue weighted by atomic mass is 10.1. The molecule has 0 spiro atoms. The Labute approximate surface area is 98.8 Å². The number of hydrogen-bond donors (Lipinski definition) is 2. The smallest absolute Gasteiger partial charge is 0.183 e. The van der Waals surface area contributed by atoms with Crippen molar-refractivity contribution in [3.05, 3.63) is 29.0 Å². The third-order valence-electron chi connectivity index (χ3n) is 2.31. The molecule has 0 aliphatic heterocycles. The van der Waals surface area contributed by atoms with Gasteiger partial charge in [0.05, 0.1) is 0 Å². The van der Waals surface area contributed by atoms with Gasteiger partial charge in [0.15, 0.2) is 5.82 Å². The fraction of sp³-hybridized carbons (Fsp3) is 0.273. The molecule has 0 aliphatic rings. The minimum absolute atomic E-state index is 0.307. The highest BCUT2D eigenvalue weighted by atomic mass is 35.5. The van der Waals surface area contributed by atoms with E-state index in [1.54, 1.807) is 18.2 Å². The van der Waals surface area contributed by atoms with Gasteiger partial charge >= 0.3 is 0 Å². The molecule has 1 aromatic carbocycles. The SMILES string of the molecule is CC(C)c1nc(-c2cc(Cl)ccc2N)n[nH]1. The Kier molecular flexibility index (Phi) is 2.83. The molecule has 0 saturated carbocycles. The van der Waals surface area contributed by atoms with Gasteiger partial charge in [-0.1, -0.05) is 25.4 Å². The van der Waals surface area contributed by atoms with Crippen molar-refractivity contribution in [1.82, 2.24) is 15.2 Å². The number of anilines is 1. The lowest BCUT2D eigenvalue weighted by molar-refractivity contribution is 0.781. The van der Waals surface area contributed by atoms with Gasteiger partial charge in [0.25, 0.3) is 0 Å². The fourth-order valence-corrected chi connectivity index (χ4v) is 1.55. The Morgan fingerprint density at radius 1 is 1.38 bits per heavy atom. The van der Waals surface area contributed by atoms with Crippen LogP contribution in [0.25, 0.3) is 11.4 Å². The van der Waals surface area contributed by atoms with Gasteiger partial charge in [0, 0.05) is 22.2 Å². The van der Waals surface area contributed by atoms with Crippen molar-refractivity contribution in [3.63, 3.8) is 0 Å². The first-order valence-electron chi connectivity index (χ1n) is 5.05. The third-order valence-corrected chi connectivity index (χ3v) is 2.54. The first-order chi connectivity index (χ1) is 7.58. The zero-order chi connectivity index (χ0) is 11.7. The summed E-state index contributed by atoms with van der Waals surface area (Å²) in [5.74, 6) is 1.74. The summed E-state index contributed by atoms with van der Waals surface area (Å²) >= 11 is 5.91. The van der Waals surface area contributed by atoms with E-state index in [1.165, 1.54) is 0 Å². The van der Waals surface area contributed by atoms with Crippen LogP contribution in [0.15, 0.2) is 18.2 Å². The van der Waals surface area contributed by atoms with Gasteiger partial charge < -0.3 is 5.73 Å². The summed E-state index contributed by atoms with van der Waals surface area (Å²) in [6, 6.07) is 5.27. The number of aromatic amines is 1. The molecule has 0 unspecified atom stereocenters. The maximum absolute atomic E-state index is 5.91. The normalized spacial score (nSPS) is 11.0. The second-order valence-corrected chi connectivity index (χ2v) is 4.37. The van der Waals surface area contributed by atoms with E-state index in [0.717, 1.165) is 11.4 Å². The largest absolute Gasteiger partial charge is 0.398 e. The predicted molar refractivity (Wildman–Crippen MR) is 65.3 cm³/mol. The van der Waals surface area contributed by atoms with Crippen LogP contribution in [-0.4, -0.2) is 15.2 Å². The molecule has 0 atom stereocenters. The molecule has 3 N–H and O–H groups in total. The Morgan fingerprint density at radius 3 is 2.75 bits per heavy atom. The number of H-pyrrole nitrogens is 1. The number of nitrogens with one attached hydrogen (secondary N) is 1. The van der Waals surface area contributed by atoms with E-state index in [0.29, 0.717) is 22.5 Å². The lowest BCUT2D eigenvalue weighted by Gasteiger charge is -2.01. The molecular formula is C11H13ClN4. The van der Waals surface area contributed by atoms with Gasteiger partial charge in [-0.25, -0.2) is 4.98 Å². The minimum Gasteiger partial charge on any atom is -0.398 e. The second-order valence-electron chi connectivity index (χ2n) is 3.93. The summed E-state index contributed by atoms with van der Waals surface area (Å²) < 4.78 is 0. The lowest BCUT2D eigenvalue weighted by Crippen LogP contribution is -1.92. The highest BCUT2D eigenvalue weighted by Crippen LogP contribution is 2.26. The maximum atomic E-state index is 5.91. The Hall–Kier alpha value is -1.55. The Bertz CT molecular complexity index is 504. The van der Waals surface area contributed by atoms with Gasteiger partial charge in [0.1, 0.15) is 5.82 Å². The molecule has 4 nitrogen and oxygen atoms in total. The van der Waals surface area contributed by atoms with E-state index in [4.69, 9.17) is 17.3 Å². The van der Waals surface area contributed by atoms with Crippen LogP contribution in [0.5, 0.6) is 0 Å². The zero-order valence-corrected chi connectivity index (χ0v) is 9.92. The van der Waals surface area contributed by atoms with Crippen LogP contribution in [0.1, 0.15) is 25.6 Å². The first kappa shape index (κ1) is 11.0. The number of halogens is 1. The van der Waals surface area contributed by atoms with Gasteiger partial charge in [0.2, 0.25) is 0 Å². The van der Waals surface area contributed by atoms with Crippen molar-refractivity contribution in [2.45, 2.75) is 19.8 Å². The van der Waals surface area contributed by atoms with Crippen LogP contribution < -0.4 is 5.73 Å². The topological polar surface area (TPSA) is 67.6 Å². The average Bonchev–Trinajstić information content (AvgIpc) is 2.70. The van der Waals surface area contributed by atoms with Crippen molar-refractivity contribution in [1.29, 1.82) is 0 Å². The monoisotopic (exact) mass is 236 g/mol. The van der Waals surface area contributed by atoms with Crippen LogP contribution >= 0.6 is 11.6 Å². The summed E-state index contributed by atoms with van der Waals surface area (Å²) in [4.78, 5) is 4.38. The Balaban J connectivity index is 2.46. The van der Waals surface area contributed by atoms with E-state index >= 15 is 0 Å². The van der Waals surface area contributed by atoms with Gasteiger partial charge in [-0.05, 0) is 18.2 Å². The number of hydrogen-bond acceptors (Lipinski definition) is 3. The number of nitrogens with zero attached hydrogens (tertiary/aromatic N) is 2. The minimum atomic E-state index is 0.307. The first-order valence-corrected chi connectivity index (χ1v) is 5.43. The van der Waals surface area contributed by atoms with Crippen LogP contribution in [-0.2, 0) is 0 Å². The quantitative estimate of drug-likeness (QED) is 0.788. The molecule has 0 saturated heterocycles. The average molecular weight is 237 g/mol. The highest BCUT2D eigenvalue weighted by molar-refractivity contribution is 6.31. The molecule has 0 radical (unpaired) electrons. The molecule has 1 aromatic heterocycles. The zero-order valence-electron chi connectivity index (χ0n) is 9.16. The molecular weight excluding hydrogens is 224 g/mol. The summed E-state index contributed by atoms with van der Waals surface area (Å²) in [6.45, 7) is 4.09. The third kappa shape index (κ3) is 2.02. The number of benzene rings is 1. The fourth-order valence-electron chi connectivity index (χ4n) is 1.38. The number of rotatable bonds is 2. The predicted octanol–water partition coefficient (Wildman–Crippen LogP) is 2.83. The summed E-state index contributed by atoms with van der Waals surface area (Å²) in [6.07, 6.45) is 0. The van der Waals surface area contributed by atoms with Crippen molar-refractivity contribution in [2.75, 3.05) is 5.73 Å². The highest BCUT2D eigenvalue weighted by Gasteiger charge is 2.11. The van der Waals surface area contributed by atoms with E-state index < -0.39 is 0 Å². The molecule has 0 bridgehead atoms. The molecule has 0 amide bonds. The molecule has 0 aliphatic carbocycles. The van der Waals surface area contributed by atoms with E-state index in [2.05, 4.69) is 15.2 Å². The molecule has 2 rings (SSSR count). The van der Waals surface area contributed by atoms with Crippen LogP contribution in [0.2, 0.25) is 5.02 Å². The number of nitrogens with two attached hydrogens (primary N) is 1. The molecule has 16 heavy (non-hydrogen) atoms.